The SMILES string of the molecule is Cc1c(C#N)cccc1[C@@H](C)Nc1nnc(N2CC3CC3C2)c2cc(=O)n(C3CC3)cc12. The quantitative estimate of drug-likeness (QED) is 0.665. The molecule has 3 aromatic rings. The number of aromatic nitrogens is 3. The first kappa shape index (κ1) is 19.3. The van der Waals surface area contributed by atoms with Gasteiger partial charge in [0.05, 0.1) is 17.7 Å². The fourth-order valence-corrected chi connectivity index (χ4v) is 5.20. The second kappa shape index (κ2) is 7.06. The van der Waals surface area contributed by atoms with Gasteiger partial charge in [0.1, 0.15) is 0 Å². The van der Waals surface area contributed by atoms with Crippen molar-refractivity contribution in [1.82, 2.24) is 14.8 Å². The van der Waals surface area contributed by atoms with Crippen LogP contribution in [-0.4, -0.2) is 27.9 Å². The molecule has 2 aromatic heterocycles. The second-order valence-electron chi connectivity index (χ2n) is 9.61. The Labute approximate surface area is 186 Å². The molecular weight excluding hydrogens is 400 g/mol. The number of benzene rings is 1. The van der Waals surface area contributed by atoms with Gasteiger partial charge in [0.15, 0.2) is 11.6 Å². The fourth-order valence-electron chi connectivity index (χ4n) is 5.20. The van der Waals surface area contributed by atoms with E-state index in [9.17, 15) is 10.1 Å². The summed E-state index contributed by atoms with van der Waals surface area (Å²) in [5, 5.41) is 23.9. The summed E-state index contributed by atoms with van der Waals surface area (Å²) in [5.74, 6) is 3.05. The molecule has 7 heteroatoms. The molecule has 2 aliphatic carbocycles. The van der Waals surface area contributed by atoms with Crippen molar-refractivity contribution in [2.24, 2.45) is 11.8 Å². The molecule has 3 fully saturated rings. The summed E-state index contributed by atoms with van der Waals surface area (Å²) >= 11 is 0. The maximum Gasteiger partial charge on any atom is 0.251 e. The minimum absolute atomic E-state index is 0.0372. The molecule has 0 spiro atoms. The van der Waals surface area contributed by atoms with E-state index in [0.29, 0.717) is 17.4 Å². The number of nitrogens with one attached hydrogen (secondary N) is 1. The Morgan fingerprint density at radius 2 is 1.97 bits per heavy atom. The number of pyridine rings is 1. The van der Waals surface area contributed by atoms with Crippen LogP contribution in [0.1, 0.15) is 55.0 Å². The number of nitrogens with zero attached hydrogens (tertiary/aromatic N) is 5. The zero-order valence-corrected chi connectivity index (χ0v) is 18.4. The van der Waals surface area contributed by atoms with E-state index in [4.69, 9.17) is 0 Å². The smallest absolute Gasteiger partial charge is 0.251 e. The second-order valence-corrected chi connectivity index (χ2v) is 9.61. The van der Waals surface area contributed by atoms with Crippen LogP contribution in [0.3, 0.4) is 0 Å². The Morgan fingerprint density at radius 1 is 1.19 bits per heavy atom. The van der Waals surface area contributed by atoms with Gasteiger partial charge in [-0.3, -0.25) is 4.79 Å². The molecule has 6 rings (SSSR count). The van der Waals surface area contributed by atoms with Crippen molar-refractivity contribution in [1.29, 1.82) is 5.26 Å². The molecule has 7 nitrogen and oxygen atoms in total. The van der Waals surface area contributed by atoms with Crippen molar-refractivity contribution >= 4 is 22.4 Å². The van der Waals surface area contributed by atoms with Gasteiger partial charge < -0.3 is 14.8 Å². The molecule has 1 saturated heterocycles. The summed E-state index contributed by atoms with van der Waals surface area (Å²) in [6.45, 7) is 6.05. The minimum Gasteiger partial charge on any atom is -0.361 e. The zero-order chi connectivity index (χ0) is 22.0. The molecule has 162 valence electrons. The van der Waals surface area contributed by atoms with E-state index in [0.717, 1.165) is 65.5 Å². The number of hydrogen-bond donors (Lipinski definition) is 1. The van der Waals surface area contributed by atoms with Gasteiger partial charge in [-0.15, -0.1) is 10.2 Å². The lowest BCUT2D eigenvalue weighted by Crippen LogP contribution is -2.25. The third-order valence-corrected chi connectivity index (χ3v) is 7.36. The van der Waals surface area contributed by atoms with Gasteiger partial charge in [-0.2, -0.15) is 5.26 Å². The van der Waals surface area contributed by atoms with Crippen LogP contribution in [0.5, 0.6) is 0 Å². The van der Waals surface area contributed by atoms with Crippen molar-refractivity contribution in [3.8, 4) is 6.07 Å². The maximum absolute atomic E-state index is 12.9. The number of piperidine rings is 1. The first-order chi connectivity index (χ1) is 15.5. The molecule has 3 heterocycles. The van der Waals surface area contributed by atoms with Gasteiger partial charge in [-0.05, 0) is 62.1 Å². The standard InChI is InChI=1S/C25H26N6O/c1-14-16(10-26)4-3-5-20(14)15(2)27-24-22-13-31(19-6-7-19)23(32)9-21(22)25(29-28-24)30-11-17-8-18(17)12-30/h3-5,9,13,15,17-19H,6-8,11-12H2,1-2H3,(H,27,28)/t15-,17?,18?/m1/s1. The van der Waals surface area contributed by atoms with E-state index in [1.165, 1.54) is 6.42 Å². The van der Waals surface area contributed by atoms with E-state index < -0.39 is 0 Å². The van der Waals surface area contributed by atoms with Crippen LogP contribution in [-0.2, 0) is 0 Å². The molecule has 1 aliphatic heterocycles. The van der Waals surface area contributed by atoms with Crippen LogP contribution >= 0.6 is 0 Å². The maximum atomic E-state index is 12.9. The van der Waals surface area contributed by atoms with Gasteiger partial charge in [0.2, 0.25) is 0 Å². The lowest BCUT2D eigenvalue weighted by atomic mass is 9.98. The minimum atomic E-state index is -0.0626. The number of hydrogen-bond acceptors (Lipinski definition) is 6. The Bertz CT molecular complexity index is 1320. The van der Waals surface area contributed by atoms with E-state index in [1.54, 1.807) is 6.07 Å². The van der Waals surface area contributed by atoms with Crippen molar-refractivity contribution in [2.45, 2.75) is 45.2 Å². The number of rotatable bonds is 5. The zero-order valence-electron chi connectivity index (χ0n) is 18.4. The molecule has 0 radical (unpaired) electrons. The largest absolute Gasteiger partial charge is 0.361 e. The van der Waals surface area contributed by atoms with Crippen LogP contribution in [0.2, 0.25) is 0 Å². The molecule has 1 N–H and O–H groups in total. The summed E-state index contributed by atoms with van der Waals surface area (Å²) in [4.78, 5) is 15.2. The normalized spacial score (nSPS) is 22.5. The Balaban J connectivity index is 1.43. The lowest BCUT2D eigenvalue weighted by Gasteiger charge is -2.23. The van der Waals surface area contributed by atoms with Crippen molar-refractivity contribution in [3.05, 3.63) is 57.5 Å². The first-order valence-corrected chi connectivity index (χ1v) is 11.5. The van der Waals surface area contributed by atoms with Crippen LogP contribution in [0.25, 0.3) is 10.8 Å². The third kappa shape index (κ3) is 3.13. The topological polar surface area (TPSA) is 86.8 Å². The van der Waals surface area contributed by atoms with Gasteiger partial charge in [0, 0.05) is 42.2 Å². The summed E-state index contributed by atoms with van der Waals surface area (Å²) in [5.41, 5.74) is 2.74. The van der Waals surface area contributed by atoms with Crippen molar-refractivity contribution in [2.75, 3.05) is 23.3 Å². The predicted molar refractivity (Wildman–Crippen MR) is 124 cm³/mol. The molecule has 32 heavy (non-hydrogen) atoms. The molecular formula is C25H26N6O. The van der Waals surface area contributed by atoms with Crippen LogP contribution in [0.4, 0.5) is 11.6 Å². The Kier molecular flexibility index (Phi) is 4.26. The number of anilines is 2. The molecule has 0 bridgehead atoms. The number of fused-ring (bicyclic) bond motifs is 2. The summed E-state index contributed by atoms with van der Waals surface area (Å²) in [6, 6.07) is 10.0. The van der Waals surface area contributed by atoms with Crippen molar-refractivity contribution < 1.29 is 0 Å². The van der Waals surface area contributed by atoms with E-state index >= 15 is 0 Å². The molecule has 1 aromatic carbocycles. The summed E-state index contributed by atoms with van der Waals surface area (Å²) in [7, 11) is 0. The highest BCUT2D eigenvalue weighted by atomic mass is 16.1. The van der Waals surface area contributed by atoms with E-state index in [2.05, 4.69) is 33.4 Å². The molecule has 3 aliphatic rings. The lowest BCUT2D eigenvalue weighted by molar-refractivity contribution is 0.711. The van der Waals surface area contributed by atoms with Crippen LogP contribution in [0, 0.1) is 30.1 Å². The highest BCUT2D eigenvalue weighted by Crippen LogP contribution is 2.47. The summed E-state index contributed by atoms with van der Waals surface area (Å²) in [6.07, 6.45) is 5.38. The predicted octanol–water partition coefficient (Wildman–Crippen LogP) is 3.94. The molecule has 0 amide bonds. The van der Waals surface area contributed by atoms with Gasteiger partial charge in [0.25, 0.3) is 5.56 Å². The van der Waals surface area contributed by atoms with Gasteiger partial charge >= 0.3 is 0 Å². The first-order valence-electron chi connectivity index (χ1n) is 11.5. The monoisotopic (exact) mass is 426 g/mol. The van der Waals surface area contributed by atoms with E-state index in [-0.39, 0.29) is 11.6 Å². The highest BCUT2D eigenvalue weighted by Gasteiger charge is 2.46. The Hall–Kier alpha value is -3.40. The average molecular weight is 427 g/mol. The molecule has 3 atom stereocenters. The van der Waals surface area contributed by atoms with Gasteiger partial charge in [-0.1, -0.05) is 12.1 Å². The van der Waals surface area contributed by atoms with Crippen molar-refractivity contribution in [3.63, 3.8) is 0 Å². The van der Waals surface area contributed by atoms with E-state index in [1.807, 2.05) is 35.9 Å². The Morgan fingerprint density at radius 3 is 2.69 bits per heavy atom. The molecule has 2 unspecified atom stereocenters. The van der Waals surface area contributed by atoms with Crippen LogP contribution < -0.4 is 15.8 Å². The van der Waals surface area contributed by atoms with Crippen LogP contribution in [0.15, 0.2) is 35.3 Å². The molecule has 2 saturated carbocycles. The fraction of sp³-hybridized carbons (Fsp3) is 0.440. The number of nitriles is 1. The third-order valence-electron chi connectivity index (χ3n) is 7.36. The summed E-state index contributed by atoms with van der Waals surface area (Å²) < 4.78 is 1.85. The average Bonchev–Trinajstić information content (AvgIpc) is 3.72. The highest BCUT2D eigenvalue weighted by molar-refractivity contribution is 5.98. The van der Waals surface area contributed by atoms with Gasteiger partial charge in [-0.25, -0.2) is 0 Å².